The summed E-state index contributed by atoms with van der Waals surface area (Å²) in [6.45, 7) is 7.21. The summed E-state index contributed by atoms with van der Waals surface area (Å²) >= 11 is 1.81. The van der Waals surface area contributed by atoms with Gasteiger partial charge in [0, 0.05) is 11.4 Å². The minimum Gasteiger partial charge on any atom is -0.382 e. The Labute approximate surface area is 159 Å². The van der Waals surface area contributed by atoms with Crippen LogP contribution in [0, 0.1) is 6.92 Å². The van der Waals surface area contributed by atoms with Crippen molar-refractivity contribution < 1.29 is 0 Å². The van der Waals surface area contributed by atoms with Crippen molar-refractivity contribution in [1.82, 2.24) is 9.97 Å². The quantitative estimate of drug-likeness (QED) is 0.421. The molecule has 2 aromatic rings. The fourth-order valence-electron chi connectivity index (χ4n) is 3.31. The van der Waals surface area contributed by atoms with Crippen molar-refractivity contribution in [3.05, 3.63) is 35.2 Å². The van der Waals surface area contributed by atoms with E-state index >= 15 is 0 Å². The van der Waals surface area contributed by atoms with Crippen LogP contribution in [0.5, 0.6) is 0 Å². The molecule has 1 aliphatic rings. The second-order valence-electron chi connectivity index (χ2n) is 6.51. The molecule has 0 saturated carbocycles. The van der Waals surface area contributed by atoms with E-state index in [9.17, 15) is 0 Å². The van der Waals surface area contributed by atoms with Gasteiger partial charge in [0.15, 0.2) is 11.6 Å². The topological polar surface area (TPSA) is 93.4 Å². The minimum absolute atomic E-state index is 0.349. The van der Waals surface area contributed by atoms with E-state index < -0.39 is 0 Å². The molecule has 1 heterocycles. The van der Waals surface area contributed by atoms with Gasteiger partial charge in [-0.1, -0.05) is 6.07 Å². The number of benzene rings is 1. The summed E-state index contributed by atoms with van der Waals surface area (Å²) in [6.07, 6.45) is 6.00. The second-order valence-corrected chi connectivity index (χ2v) is 7.50. The molecule has 3 rings (SSSR count). The maximum absolute atomic E-state index is 5.95. The third-order valence-corrected chi connectivity index (χ3v) is 5.88. The summed E-state index contributed by atoms with van der Waals surface area (Å²) in [5, 5.41) is 0. The van der Waals surface area contributed by atoms with Gasteiger partial charge in [-0.05, 0) is 68.6 Å². The largest absolute Gasteiger partial charge is 0.382 e. The molecule has 0 aliphatic heterocycles. The average molecular weight is 371 g/mol. The smallest absolute Gasteiger partial charge is 0.160 e. The zero-order chi connectivity index (χ0) is 18.5. The molecular formula is C19H26N6S. The Morgan fingerprint density at radius 2 is 2.04 bits per heavy atom. The molecule has 0 atom stereocenters. The van der Waals surface area contributed by atoms with Gasteiger partial charge in [0.25, 0.3) is 0 Å². The van der Waals surface area contributed by atoms with E-state index in [0.717, 1.165) is 18.8 Å². The molecule has 0 radical (unpaired) electrons. The molecule has 1 aliphatic carbocycles. The number of fused-ring (bicyclic) bond motifs is 1. The molecular weight excluding hydrogens is 344 g/mol. The van der Waals surface area contributed by atoms with Gasteiger partial charge in [-0.15, -0.1) is 11.8 Å². The van der Waals surface area contributed by atoms with Crippen molar-refractivity contribution in [1.29, 1.82) is 0 Å². The number of hydrogen-bond acceptors (Lipinski definition) is 7. The number of aromatic nitrogens is 2. The lowest BCUT2D eigenvalue weighted by atomic mass is 10.1. The van der Waals surface area contributed by atoms with Crippen molar-refractivity contribution in [2.45, 2.75) is 37.5 Å². The third kappa shape index (κ3) is 3.99. The number of nitrogens with two attached hydrogens (primary N) is 2. The normalized spacial score (nSPS) is 12.8. The first-order valence-electron chi connectivity index (χ1n) is 8.91. The molecule has 7 heteroatoms. The number of nitrogen functional groups attached to an aromatic ring is 1. The number of thioether (sulfide) groups is 1. The maximum atomic E-state index is 5.95. The highest BCUT2D eigenvalue weighted by Crippen LogP contribution is 2.34. The lowest BCUT2D eigenvalue weighted by Crippen LogP contribution is -2.27. The zero-order valence-electron chi connectivity index (χ0n) is 15.2. The number of aryl methyl sites for hydroxylation is 3. The highest BCUT2D eigenvalue weighted by molar-refractivity contribution is 7.99. The van der Waals surface area contributed by atoms with Crippen molar-refractivity contribution in [3.63, 3.8) is 0 Å². The van der Waals surface area contributed by atoms with Gasteiger partial charge < -0.3 is 16.4 Å². The van der Waals surface area contributed by atoms with E-state index in [2.05, 4.69) is 45.6 Å². The lowest BCUT2D eigenvalue weighted by molar-refractivity contribution is 0.777. The standard InChI is InChI=1S/C19H26N6S/c1-13-9-14-5-3-6-15(14)10-16(13)26-12-25(8-4-7-20)19-17(22-2)18(21)23-11-24-19/h9-11H,2-8,12,20H2,1H3,(H2,21,23,24). The van der Waals surface area contributed by atoms with Crippen LogP contribution >= 0.6 is 11.8 Å². The Morgan fingerprint density at radius 1 is 1.27 bits per heavy atom. The van der Waals surface area contributed by atoms with E-state index in [1.165, 1.54) is 47.2 Å². The van der Waals surface area contributed by atoms with Crippen LogP contribution in [0.4, 0.5) is 17.3 Å². The predicted octanol–water partition coefficient (Wildman–Crippen LogP) is 3.09. The van der Waals surface area contributed by atoms with Gasteiger partial charge in [-0.3, -0.25) is 4.99 Å². The van der Waals surface area contributed by atoms with E-state index in [4.69, 9.17) is 11.5 Å². The Balaban J connectivity index is 1.82. The van der Waals surface area contributed by atoms with Crippen LogP contribution in [0.15, 0.2) is 28.3 Å². The number of nitrogens with zero attached hydrogens (tertiary/aromatic N) is 4. The monoisotopic (exact) mass is 370 g/mol. The van der Waals surface area contributed by atoms with Crippen LogP contribution in [-0.4, -0.2) is 35.7 Å². The van der Waals surface area contributed by atoms with Crippen LogP contribution in [0.3, 0.4) is 0 Å². The molecule has 0 amide bonds. The highest BCUT2D eigenvalue weighted by Gasteiger charge is 2.17. The van der Waals surface area contributed by atoms with Gasteiger partial charge in [0.2, 0.25) is 0 Å². The summed E-state index contributed by atoms with van der Waals surface area (Å²) in [5.41, 5.74) is 16.5. The number of hydrogen-bond donors (Lipinski definition) is 2. The molecule has 1 aromatic carbocycles. The summed E-state index contributed by atoms with van der Waals surface area (Å²) < 4.78 is 0. The summed E-state index contributed by atoms with van der Waals surface area (Å²) in [6, 6.07) is 4.69. The van der Waals surface area contributed by atoms with Crippen molar-refractivity contribution in [3.8, 4) is 0 Å². The molecule has 138 valence electrons. The zero-order valence-corrected chi connectivity index (χ0v) is 16.1. The SMILES string of the molecule is C=Nc1c(N)ncnc1N(CCCN)CSc1cc2c(cc1C)CCC2. The van der Waals surface area contributed by atoms with Crippen molar-refractivity contribution >= 4 is 35.8 Å². The van der Waals surface area contributed by atoms with Gasteiger partial charge in [-0.2, -0.15) is 0 Å². The summed E-state index contributed by atoms with van der Waals surface area (Å²) in [4.78, 5) is 15.9. The van der Waals surface area contributed by atoms with E-state index in [1.807, 2.05) is 11.8 Å². The summed E-state index contributed by atoms with van der Waals surface area (Å²) in [5.74, 6) is 1.81. The van der Waals surface area contributed by atoms with Gasteiger partial charge in [-0.25, -0.2) is 9.97 Å². The molecule has 26 heavy (non-hydrogen) atoms. The number of anilines is 2. The van der Waals surface area contributed by atoms with Gasteiger partial charge in [0.05, 0.1) is 5.88 Å². The fraction of sp³-hybridized carbons (Fsp3) is 0.421. The Hall–Kier alpha value is -2.12. The van der Waals surface area contributed by atoms with Crippen molar-refractivity contribution in [2.24, 2.45) is 10.7 Å². The molecule has 1 aromatic heterocycles. The van der Waals surface area contributed by atoms with Gasteiger partial charge in [0.1, 0.15) is 12.0 Å². The van der Waals surface area contributed by atoms with Crippen LogP contribution < -0.4 is 16.4 Å². The fourth-order valence-corrected chi connectivity index (χ4v) is 4.37. The number of rotatable bonds is 8. The molecule has 0 spiro atoms. The van der Waals surface area contributed by atoms with Crippen LogP contribution in [0.1, 0.15) is 29.5 Å². The van der Waals surface area contributed by atoms with E-state index in [0.29, 0.717) is 23.9 Å². The Kier molecular flexibility index (Phi) is 6.11. The van der Waals surface area contributed by atoms with Crippen LogP contribution in [0.25, 0.3) is 0 Å². The first-order chi connectivity index (χ1) is 12.6. The molecule has 6 nitrogen and oxygen atoms in total. The molecule has 0 bridgehead atoms. The van der Waals surface area contributed by atoms with Crippen LogP contribution in [0.2, 0.25) is 0 Å². The first kappa shape index (κ1) is 18.7. The van der Waals surface area contributed by atoms with Gasteiger partial charge >= 0.3 is 0 Å². The highest BCUT2D eigenvalue weighted by atomic mass is 32.2. The maximum Gasteiger partial charge on any atom is 0.160 e. The Bertz CT molecular complexity index is 792. The second kappa shape index (κ2) is 8.51. The lowest BCUT2D eigenvalue weighted by Gasteiger charge is -2.25. The molecule has 0 unspecified atom stereocenters. The molecule has 0 saturated heterocycles. The van der Waals surface area contributed by atoms with E-state index in [-0.39, 0.29) is 0 Å². The third-order valence-electron chi connectivity index (χ3n) is 4.69. The first-order valence-corrected chi connectivity index (χ1v) is 9.90. The van der Waals surface area contributed by atoms with Crippen molar-refractivity contribution in [2.75, 3.05) is 29.6 Å². The average Bonchev–Trinajstić information content (AvgIpc) is 3.08. The van der Waals surface area contributed by atoms with Crippen LogP contribution in [-0.2, 0) is 12.8 Å². The van der Waals surface area contributed by atoms with E-state index in [1.54, 1.807) is 0 Å². The Morgan fingerprint density at radius 3 is 2.77 bits per heavy atom. The predicted molar refractivity (Wildman–Crippen MR) is 111 cm³/mol. The minimum atomic E-state index is 0.349. The molecule has 4 N–H and O–H groups in total. The number of aliphatic imine (C=N–C) groups is 1. The molecule has 0 fully saturated rings. The summed E-state index contributed by atoms with van der Waals surface area (Å²) in [7, 11) is 0.